The van der Waals surface area contributed by atoms with Gasteiger partial charge in [-0.05, 0) is 83.5 Å². The highest BCUT2D eigenvalue weighted by Crippen LogP contribution is 2.25. The summed E-state index contributed by atoms with van der Waals surface area (Å²) in [4.78, 5) is 11.8. The van der Waals surface area contributed by atoms with Gasteiger partial charge in [0.15, 0.2) is 0 Å². The maximum atomic E-state index is 5.88. The first-order valence-corrected chi connectivity index (χ1v) is 11.1. The molecule has 0 saturated carbocycles. The molecule has 2 aliphatic rings. The van der Waals surface area contributed by atoms with Gasteiger partial charge in [0, 0.05) is 25.0 Å². The van der Waals surface area contributed by atoms with Crippen molar-refractivity contribution in [2.24, 2.45) is 5.92 Å². The molecule has 0 aromatic carbocycles. The number of rotatable bonds is 7. The van der Waals surface area contributed by atoms with Crippen LogP contribution in [0.15, 0.2) is 28.9 Å². The van der Waals surface area contributed by atoms with Crippen LogP contribution in [-0.4, -0.2) is 82.2 Å². The summed E-state index contributed by atoms with van der Waals surface area (Å²) < 4.78 is 5.88. The Balaban J connectivity index is 1.25. The largest absolute Gasteiger partial charge is 0.419 e. The van der Waals surface area contributed by atoms with E-state index >= 15 is 0 Å². The predicted octanol–water partition coefficient (Wildman–Crippen LogP) is 2.76. The Kier molecular flexibility index (Phi) is 6.90. The number of hydrogen-bond donors (Lipinski definition) is 0. The van der Waals surface area contributed by atoms with Crippen molar-refractivity contribution in [3.8, 4) is 11.5 Å². The van der Waals surface area contributed by atoms with Gasteiger partial charge in [0.1, 0.15) is 0 Å². The Hall–Kier alpha value is -1.83. The SMILES string of the molecule is CCN(Cc1nnc(-c2cccnc2)o1)CC1CCN(C2CCN(C)CC2)CC1. The average Bonchev–Trinajstić information content (AvgIpc) is 3.24. The molecule has 2 fully saturated rings. The monoisotopic (exact) mass is 398 g/mol. The van der Waals surface area contributed by atoms with E-state index in [-0.39, 0.29) is 0 Å². The summed E-state index contributed by atoms with van der Waals surface area (Å²) in [5, 5.41) is 8.45. The predicted molar refractivity (Wildman–Crippen MR) is 113 cm³/mol. The van der Waals surface area contributed by atoms with Gasteiger partial charge in [0.2, 0.25) is 11.8 Å². The zero-order valence-corrected chi connectivity index (χ0v) is 17.8. The van der Waals surface area contributed by atoms with E-state index in [1.165, 1.54) is 51.9 Å². The van der Waals surface area contributed by atoms with Gasteiger partial charge in [-0.2, -0.15) is 0 Å². The van der Waals surface area contributed by atoms with Gasteiger partial charge in [0.05, 0.1) is 12.1 Å². The molecular weight excluding hydrogens is 364 g/mol. The van der Waals surface area contributed by atoms with Crippen molar-refractivity contribution >= 4 is 0 Å². The van der Waals surface area contributed by atoms with Crippen molar-refractivity contribution < 1.29 is 4.42 Å². The van der Waals surface area contributed by atoms with Crippen LogP contribution in [0.25, 0.3) is 11.5 Å². The number of nitrogens with zero attached hydrogens (tertiary/aromatic N) is 6. The molecule has 0 amide bonds. The summed E-state index contributed by atoms with van der Waals surface area (Å²) in [6.45, 7) is 10.1. The molecule has 2 aromatic rings. The lowest BCUT2D eigenvalue weighted by Gasteiger charge is -2.41. The van der Waals surface area contributed by atoms with Crippen LogP contribution in [0.1, 0.15) is 38.5 Å². The van der Waals surface area contributed by atoms with Crippen molar-refractivity contribution in [2.75, 3.05) is 46.3 Å². The summed E-state index contributed by atoms with van der Waals surface area (Å²) in [6, 6.07) is 4.63. The fourth-order valence-electron chi connectivity index (χ4n) is 4.65. The molecule has 2 saturated heterocycles. The molecule has 0 aliphatic carbocycles. The number of aromatic nitrogens is 3. The van der Waals surface area contributed by atoms with Crippen LogP contribution in [0.2, 0.25) is 0 Å². The van der Waals surface area contributed by atoms with Gasteiger partial charge < -0.3 is 14.2 Å². The Morgan fingerprint density at radius 1 is 1.10 bits per heavy atom. The number of pyridine rings is 1. The van der Waals surface area contributed by atoms with E-state index < -0.39 is 0 Å². The van der Waals surface area contributed by atoms with Crippen LogP contribution in [0.4, 0.5) is 0 Å². The maximum Gasteiger partial charge on any atom is 0.249 e. The number of piperidine rings is 2. The second-order valence-corrected chi connectivity index (χ2v) is 8.58. The minimum absolute atomic E-state index is 0.551. The molecule has 0 spiro atoms. The molecule has 2 aliphatic heterocycles. The van der Waals surface area contributed by atoms with Crippen molar-refractivity contribution in [3.05, 3.63) is 30.4 Å². The average molecular weight is 399 g/mol. The third kappa shape index (κ3) is 5.41. The molecule has 0 radical (unpaired) electrons. The van der Waals surface area contributed by atoms with Crippen LogP contribution in [0.5, 0.6) is 0 Å². The molecule has 7 heteroatoms. The topological polar surface area (TPSA) is 61.5 Å². The van der Waals surface area contributed by atoms with E-state index in [9.17, 15) is 0 Å². The van der Waals surface area contributed by atoms with Crippen molar-refractivity contribution in [3.63, 3.8) is 0 Å². The third-order valence-electron chi connectivity index (χ3n) is 6.55. The second-order valence-electron chi connectivity index (χ2n) is 8.58. The molecule has 0 unspecified atom stereocenters. The number of likely N-dealkylation sites (tertiary alicyclic amines) is 2. The Labute approximate surface area is 174 Å². The minimum Gasteiger partial charge on any atom is -0.419 e. The summed E-state index contributed by atoms with van der Waals surface area (Å²) in [6.07, 6.45) is 8.77. The minimum atomic E-state index is 0.551. The highest BCUT2D eigenvalue weighted by Gasteiger charge is 2.28. The molecule has 2 aromatic heterocycles. The zero-order chi connectivity index (χ0) is 20.1. The molecule has 4 heterocycles. The van der Waals surface area contributed by atoms with Gasteiger partial charge >= 0.3 is 0 Å². The molecule has 158 valence electrons. The summed E-state index contributed by atoms with van der Waals surface area (Å²) in [5.74, 6) is 2.00. The third-order valence-corrected chi connectivity index (χ3v) is 6.55. The van der Waals surface area contributed by atoms with Crippen LogP contribution < -0.4 is 0 Å². The summed E-state index contributed by atoms with van der Waals surface area (Å²) in [5.41, 5.74) is 0.871. The first kappa shape index (κ1) is 20.4. The second kappa shape index (κ2) is 9.78. The van der Waals surface area contributed by atoms with E-state index in [0.717, 1.165) is 37.2 Å². The molecule has 0 N–H and O–H groups in total. The van der Waals surface area contributed by atoms with Gasteiger partial charge in [-0.3, -0.25) is 9.88 Å². The van der Waals surface area contributed by atoms with E-state index in [2.05, 4.69) is 43.9 Å². The number of hydrogen-bond acceptors (Lipinski definition) is 7. The lowest BCUT2D eigenvalue weighted by molar-refractivity contribution is 0.0735. The van der Waals surface area contributed by atoms with Crippen LogP contribution in [-0.2, 0) is 6.54 Å². The first-order chi connectivity index (χ1) is 14.2. The fourth-order valence-corrected chi connectivity index (χ4v) is 4.65. The van der Waals surface area contributed by atoms with E-state index in [1.54, 1.807) is 12.4 Å². The Morgan fingerprint density at radius 2 is 1.90 bits per heavy atom. The summed E-state index contributed by atoms with van der Waals surface area (Å²) in [7, 11) is 2.24. The zero-order valence-electron chi connectivity index (χ0n) is 17.8. The maximum absolute atomic E-state index is 5.88. The van der Waals surface area contributed by atoms with Crippen molar-refractivity contribution in [1.29, 1.82) is 0 Å². The van der Waals surface area contributed by atoms with Crippen LogP contribution in [0, 0.1) is 5.92 Å². The molecule has 4 rings (SSSR count). The van der Waals surface area contributed by atoms with Gasteiger partial charge in [-0.25, -0.2) is 0 Å². The highest BCUT2D eigenvalue weighted by atomic mass is 16.4. The van der Waals surface area contributed by atoms with Crippen LogP contribution >= 0.6 is 0 Å². The molecule has 0 bridgehead atoms. The Bertz CT molecular complexity index is 735. The molecule has 0 atom stereocenters. The van der Waals surface area contributed by atoms with Crippen LogP contribution in [0.3, 0.4) is 0 Å². The lowest BCUT2D eigenvalue weighted by atomic mass is 9.93. The quantitative estimate of drug-likeness (QED) is 0.711. The fraction of sp³-hybridized carbons (Fsp3) is 0.682. The lowest BCUT2D eigenvalue weighted by Crippen LogP contribution is -2.47. The molecule has 29 heavy (non-hydrogen) atoms. The van der Waals surface area contributed by atoms with Crippen molar-refractivity contribution in [2.45, 2.75) is 45.2 Å². The Morgan fingerprint density at radius 3 is 2.59 bits per heavy atom. The van der Waals surface area contributed by atoms with E-state index in [0.29, 0.717) is 11.8 Å². The van der Waals surface area contributed by atoms with Crippen molar-refractivity contribution in [1.82, 2.24) is 29.9 Å². The van der Waals surface area contributed by atoms with Gasteiger partial charge in [-0.15, -0.1) is 10.2 Å². The van der Waals surface area contributed by atoms with E-state index in [4.69, 9.17) is 4.42 Å². The first-order valence-electron chi connectivity index (χ1n) is 11.1. The van der Waals surface area contributed by atoms with Gasteiger partial charge in [-0.1, -0.05) is 6.92 Å². The summed E-state index contributed by atoms with van der Waals surface area (Å²) >= 11 is 0. The molecular formula is C22H34N6O. The molecule has 7 nitrogen and oxygen atoms in total. The normalized spacial score (nSPS) is 20.5. The highest BCUT2D eigenvalue weighted by molar-refractivity contribution is 5.49. The van der Waals surface area contributed by atoms with Gasteiger partial charge in [0.25, 0.3) is 0 Å². The van der Waals surface area contributed by atoms with E-state index in [1.807, 2.05) is 12.1 Å². The standard InChI is InChI=1S/C22H34N6O/c1-3-27(17-21-24-25-22(29-21)19-5-4-10-23-15-19)16-18-6-13-28(14-7-18)20-8-11-26(2)12-9-20/h4-5,10,15,18,20H,3,6-9,11-14,16-17H2,1-2H3. The smallest absolute Gasteiger partial charge is 0.249 e.